The Morgan fingerprint density at radius 3 is 1.38 bits per heavy atom. The molecule has 0 aliphatic carbocycles. The predicted molar refractivity (Wildman–Crippen MR) is 72.4 cm³/mol. The standard InChI is InChI=1S/C14H30NO/c1-2-3-4-5-6-7-8-9-10-11-12-13-14-15-16/h15H,2-14H2,1H3/q-1. The van der Waals surface area contributed by atoms with E-state index in [9.17, 15) is 5.21 Å². The van der Waals surface area contributed by atoms with Gasteiger partial charge in [-0.3, -0.25) is 0 Å². The molecule has 0 aromatic carbocycles. The zero-order chi connectivity index (χ0) is 11.9. The van der Waals surface area contributed by atoms with E-state index in [1.165, 1.54) is 70.6 Å². The van der Waals surface area contributed by atoms with Crippen LogP contribution in [0.25, 0.3) is 0 Å². The van der Waals surface area contributed by atoms with Crippen molar-refractivity contribution >= 4 is 0 Å². The third kappa shape index (κ3) is 13.9. The van der Waals surface area contributed by atoms with Crippen LogP contribution in [0.4, 0.5) is 0 Å². The van der Waals surface area contributed by atoms with E-state index in [-0.39, 0.29) is 0 Å². The summed E-state index contributed by atoms with van der Waals surface area (Å²) in [5, 5.41) is 9.96. The van der Waals surface area contributed by atoms with Crippen LogP contribution >= 0.6 is 0 Å². The molecule has 0 fully saturated rings. The third-order valence-corrected chi connectivity index (χ3v) is 3.13. The van der Waals surface area contributed by atoms with Gasteiger partial charge in [-0.15, -0.1) is 0 Å². The van der Waals surface area contributed by atoms with Crippen LogP contribution in [-0.4, -0.2) is 6.54 Å². The Bertz CT molecular complexity index is 103. The third-order valence-electron chi connectivity index (χ3n) is 3.13. The van der Waals surface area contributed by atoms with E-state index in [4.69, 9.17) is 0 Å². The quantitative estimate of drug-likeness (QED) is 0.364. The summed E-state index contributed by atoms with van der Waals surface area (Å²) in [5.41, 5.74) is 1.95. The maximum Gasteiger partial charge on any atom is -0.0170 e. The first-order chi connectivity index (χ1) is 7.91. The summed E-state index contributed by atoms with van der Waals surface area (Å²) in [4.78, 5) is 0. The minimum absolute atomic E-state index is 0.636. The lowest BCUT2D eigenvalue weighted by molar-refractivity contribution is 0.542. The van der Waals surface area contributed by atoms with E-state index in [1.807, 2.05) is 5.48 Å². The molecule has 2 nitrogen and oxygen atoms in total. The van der Waals surface area contributed by atoms with Crippen LogP contribution in [-0.2, 0) is 0 Å². The lowest BCUT2D eigenvalue weighted by atomic mass is 10.1. The Balaban J connectivity index is 2.83. The SMILES string of the molecule is CCCCCCCCCCCCCCN[O-]. The van der Waals surface area contributed by atoms with E-state index in [2.05, 4.69) is 6.92 Å². The zero-order valence-corrected chi connectivity index (χ0v) is 11.1. The molecule has 0 radical (unpaired) electrons. The van der Waals surface area contributed by atoms with Crippen molar-refractivity contribution < 1.29 is 0 Å². The summed E-state index contributed by atoms with van der Waals surface area (Å²) in [6, 6.07) is 0. The molecular formula is C14H30NO-. The average Bonchev–Trinajstić information content (AvgIpc) is 2.31. The first kappa shape index (κ1) is 15.9. The van der Waals surface area contributed by atoms with Crippen molar-refractivity contribution in [1.82, 2.24) is 5.48 Å². The molecular weight excluding hydrogens is 198 g/mol. The molecule has 0 atom stereocenters. The first-order valence-corrected chi connectivity index (χ1v) is 7.26. The maximum absolute atomic E-state index is 9.96. The van der Waals surface area contributed by atoms with Gasteiger partial charge in [0.1, 0.15) is 0 Å². The second kappa shape index (κ2) is 14.9. The number of nitrogens with one attached hydrogen (secondary N) is 1. The molecule has 0 unspecified atom stereocenters. The summed E-state index contributed by atoms with van der Waals surface area (Å²) >= 11 is 0. The molecule has 0 aliphatic rings. The van der Waals surface area contributed by atoms with Crippen LogP contribution in [0.5, 0.6) is 0 Å². The van der Waals surface area contributed by atoms with Crippen molar-refractivity contribution in [3.63, 3.8) is 0 Å². The summed E-state index contributed by atoms with van der Waals surface area (Å²) in [5.74, 6) is 0. The molecule has 0 spiro atoms. The number of unbranched alkanes of at least 4 members (excludes halogenated alkanes) is 11. The van der Waals surface area contributed by atoms with Gasteiger partial charge in [0.2, 0.25) is 0 Å². The predicted octanol–water partition coefficient (Wildman–Crippen LogP) is 4.77. The van der Waals surface area contributed by atoms with E-state index in [0.717, 1.165) is 6.42 Å². The second-order valence-electron chi connectivity index (χ2n) is 4.78. The largest absolute Gasteiger partial charge is 0.788 e. The Morgan fingerprint density at radius 1 is 0.625 bits per heavy atom. The molecule has 0 amide bonds. The highest BCUT2D eigenvalue weighted by molar-refractivity contribution is 4.50. The summed E-state index contributed by atoms with van der Waals surface area (Å²) in [6.07, 6.45) is 16.2. The van der Waals surface area contributed by atoms with Crippen LogP contribution in [0.15, 0.2) is 0 Å². The van der Waals surface area contributed by atoms with Crippen LogP contribution in [0.2, 0.25) is 0 Å². The van der Waals surface area contributed by atoms with Crippen LogP contribution in [0.3, 0.4) is 0 Å². The van der Waals surface area contributed by atoms with E-state index in [1.54, 1.807) is 0 Å². The van der Waals surface area contributed by atoms with Gasteiger partial charge in [0, 0.05) is 0 Å². The number of hydrogen-bond acceptors (Lipinski definition) is 2. The van der Waals surface area contributed by atoms with Gasteiger partial charge < -0.3 is 10.7 Å². The molecule has 1 N–H and O–H groups in total. The van der Waals surface area contributed by atoms with Gasteiger partial charge in [-0.2, -0.15) is 0 Å². The van der Waals surface area contributed by atoms with Crippen molar-refractivity contribution in [3.8, 4) is 0 Å². The highest BCUT2D eigenvalue weighted by Crippen LogP contribution is 2.11. The Labute approximate surface area is 102 Å². The topological polar surface area (TPSA) is 35.1 Å². The Kier molecular flexibility index (Phi) is 14.8. The maximum atomic E-state index is 9.96. The van der Waals surface area contributed by atoms with Crippen molar-refractivity contribution in [1.29, 1.82) is 0 Å². The van der Waals surface area contributed by atoms with Gasteiger partial charge in [0.15, 0.2) is 0 Å². The van der Waals surface area contributed by atoms with E-state index in [0.29, 0.717) is 6.54 Å². The monoisotopic (exact) mass is 228 g/mol. The fraction of sp³-hybridized carbons (Fsp3) is 1.00. The fourth-order valence-electron chi connectivity index (χ4n) is 2.04. The summed E-state index contributed by atoms with van der Waals surface area (Å²) in [6.45, 7) is 2.90. The minimum Gasteiger partial charge on any atom is -0.788 e. The molecule has 0 aliphatic heterocycles. The first-order valence-electron chi connectivity index (χ1n) is 7.26. The highest BCUT2D eigenvalue weighted by Gasteiger charge is 1.92. The smallest absolute Gasteiger partial charge is 0.0170 e. The molecule has 98 valence electrons. The van der Waals surface area contributed by atoms with Gasteiger partial charge in [-0.1, -0.05) is 77.6 Å². The lowest BCUT2D eigenvalue weighted by Crippen LogP contribution is -2.04. The normalized spacial score (nSPS) is 10.9. The highest BCUT2D eigenvalue weighted by atomic mass is 16.5. The molecule has 0 aromatic heterocycles. The summed E-state index contributed by atoms with van der Waals surface area (Å²) in [7, 11) is 0. The molecule has 0 rings (SSSR count). The Morgan fingerprint density at radius 2 is 1.00 bits per heavy atom. The van der Waals surface area contributed by atoms with Crippen molar-refractivity contribution in [2.45, 2.75) is 84.0 Å². The minimum atomic E-state index is 0.636. The van der Waals surface area contributed by atoms with Crippen molar-refractivity contribution in [2.75, 3.05) is 6.54 Å². The molecule has 2 heteroatoms. The van der Waals surface area contributed by atoms with Gasteiger partial charge in [0.05, 0.1) is 0 Å². The number of hydrogen-bond donors (Lipinski definition) is 1. The van der Waals surface area contributed by atoms with Crippen molar-refractivity contribution in [3.05, 3.63) is 5.21 Å². The van der Waals surface area contributed by atoms with E-state index >= 15 is 0 Å². The lowest BCUT2D eigenvalue weighted by Gasteiger charge is -2.06. The van der Waals surface area contributed by atoms with Crippen molar-refractivity contribution in [2.24, 2.45) is 0 Å². The number of rotatable bonds is 13. The number of hydroxylamine groups is 1. The Hall–Kier alpha value is -0.0800. The van der Waals surface area contributed by atoms with Gasteiger partial charge in [-0.05, 0) is 13.0 Å². The molecule has 0 bridgehead atoms. The molecule has 0 aromatic rings. The van der Waals surface area contributed by atoms with Crippen LogP contribution in [0.1, 0.15) is 84.0 Å². The molecule has 16 heavy (non-hydrogen) atoms. The van der Waals surface area contributed by atoms with Gasteiger partial charge >= 0.3 is 0 Å². The second-order valence-corrected chi connectivity index (χ2v) is 4.78. The molecule has 0 heterocycles. The zero-order valence-electron chi connectivity index (χ0n) is 11.1. The molecule has 0 saturated carbocycles. The van der Waals surface area contributed by atoms with E-state index < -0.39 is 0 Å². The summed E-state index contributed by atoms with van der Waals surface area (Å²) < 4.78 is 0. The average molecular weight is 228 g/mol. The van der Waals surface area contributed by atoms with Crippen LogP contribution in [0, 0.1) is 5.21 Å². The van der Waals surface area contributed by atoms with Crippen LogP contribution < -0.4 is 5.48 Å². The van der Waals surface area contributed by atoms with Gasteiger partial charge in [-0.25, -0.2) is 0 Å². The molecule has 0 saturated heterocycles. The fourth-order valence-corrected chi connectivity index (χ4v) is 2.04. The van der Waals surface area contributed by atoms with Gasteiger partial charge in [0.25, 0.3) is 0 Å².